The molecule has 0 bridgehead atoms. The van der Waals surface area contributed by atoms with E-state index in [-0.39, 0.29) is 5.92 Å². The van der Waals surface area contributed by atoms with Crippen LogP contribution in [0.25, 0.3) is 0 Å². The predicted molar refractivity (Wildman–Crippen MR) is 78.7 cm³/mol. The first-order valence-electron chi connectivity index (χ1n) is 7.89. The zero-order chi connectivity index (χ0) is 14.4. The number of hydrogen-bond acceptors (Lipinski definition) is 3. The molecule has 3 atom stereocenters. The standard InChI is InChI=1S/C16H24N4/c1-13-7-3-4-8-14(13)15(11-17)16(19-12-18)20-9-5-2-6-10-20/h13-15H,2-10H2,1H3. The van der Waals surface area contributed by atoms with E-state index in [4.69, 9.17) is 5.26 Å². The number of nitriles is 2. The van der Waals surface area contributed by atoms with Gasteiger partial charge in [0.1, 0.15) is 11.8 Å². The Labute approximate surface area is 122 Å². The smallest absolute Gasteiger partial charge is 0.207 e. The minimum Gasteiger partial charge on any atom is -0.358 e. The first kappa shape index (κ1) is 14.9. The molecule has 2 aliphatic rings. The molecule has 1 aliphatic carbocycles. The Morgan fingerprint density at radius 2 is 1.80 bits per heavy atom. The Balaban J connectivity index is 2.19. The molecule has 0 aromatic heterocycles. The van der Waals surface area contributed by atoms with Crippen LogP contribution in [0.5, 0.6) is 0 Å². The Kier molecular flexibility index (Phi) is 5.41. The topological polar surface area (TPSA) is 63.2 Å². The summed E-state index contributed by atoms with van der Waals surface area (Å²) in [6.07, 6.45) is 10.2. The minimum absolute atomic E-state index is 0.206. The van der Waals surface area contributed by atoms with E-state index in [9.17, 15) is 5.26 Å². The van der Waals surface area contributed by atoms with Crippen molar-refractivity contribution in [2.24, 2.45) is 22.7 Å². The number of nitrogens with zero attached hydrogens (tertiary/aromatic N) is 4. The van der Waals surface area contributed by atoms with Crippen molar-refractivity contribution < 1.29 is 0 Å². The maximum atomic E-state index is 9.66. The normalized spacial score (nSPS) is 29.4. The highest BCUT2D eigenvalue weighted by Crippen LogP contribution is 2.36. The molecule has 0 aromatic rings. The fourth-order valence-electron chi connectivity index (χ4n) is 3.70. The quantitative estimate of drug-likeness (QED) is 0.440. The van der Waals surface area contributed by atoms with Crippen LogP contribution in [0, 0.1) is 40.5 Å². The summed E-state index contributed by atoms with van der Waals surface area (Å²) in [7, 11) is 0. The van der Waals surface area contributed by atoms with Crippen LogP contribution in [-0.2, 0) is 0 Å². The Hall–Kier alpha value is -1.55. The Bertz CT molecular complexity index is 423. The molecule has 0 aromatic carbocycles. The highest BCUT2D eigenvalue weighted by molar-refractivity contribution is 5.88. The van der Waals surface area contributed by atoms with Crippen molar-refractivity contribution in [2.75, 3.05) is 13.1 Å². The number of likely N-dealkylation sites (tertiary alicyclic amines) is 1. The predicted octanol–water partition coefficient (Wildman–Crippen LogP) is 3.32. The van der Waals surface area contributed by atoms with Crippen molar-refractivity contribution in [2.45, 2.75) is 51.9 Å². The maximum absolute atomic E-state index is 9.66. The molecule has 4 heteroatoms. The van der Waals surface area contributed by atoms with Crippen LogP contribution < -0.4 is 0 Å². The van der Waals surface area contributed by atoms with E-state index < -0.39 is 0 Å². The molecule has 20 heavy (non-hydrogen) atoms. The van der Waals surface area contributed by atoms with Crippen molar-refractivity contribution in [1.29, 1.82) is 10.5 Å². The largest absolute Gasteiger partial charge is 0.358 e. The van der Waals surface area contributed by atoms with E-state index in [0.717, 1.165) is 38.2 Å². The molecule has 2 rings (SSSR count). The maximum Gasteiger partial charge on any atom is 0.207 e. The van der Waals surface area contributed by atoms with E-state index in [1.54, 1.807) is 0 Å². The monoisotopic (exact) mass is 272 g/mol. The number of piperidine rings is 1. The van der Waals surface area contributed by atoms with Gasteiger partial charge in [-0.1, -0.05) is 26.2 Å². The number of rotatable bonds is 2. The summed E-state index contributed by atoms with van der Waals surface area (Å²) in [5.41, 5.74) is 0. The summed E-state index contributed by atoms with van der Waals surface area (Å²) in [5.74, 6) is 1.46. The molecule has 1 saturated heterocycles. The first-order chi connectivity index (χ1) is 9.77. The van der Waals surface area contributed by atoms with Crippen LogP contribution in [0.15, 0.2) is 4.99 Å². The van der Waals surface area contributed by atoms with Gasteiger partial charge in [0.15, 0.2) is 0 Å². The first-order valence-corrected chi connectivity index (χ1v) is 7.89. The van der Waals surface area contributed by atoms with Gasteiger partial charge in [-0.15, -0.1) is 0 Å². The van der Waals surface area contributed by atoms with Gasteiger partial charge < -0.3 is 4.90 Å². The van der Waals surface area contributed by atoms with E-state index in [1.807, 2.05) is 6.19 Å². The third kappa shape index (κ3) is 3.31. The Morgan fingerprint density at radius 1 is 1.10 bits per heavy atom. The van der Waals surface area contributed by atoms with Crippen LogP contribution in [0.4, 0.5) is 0 Å². The second-order valence-electron chi connectivity index (χ2n) is 6.15. The average molecular weight is 272 g/mol. The zero-order valence-corrected chi connectivity index (χ0v) is 12.4. The number of aliphatic imine (C=N–C) groups is 1. The number of amidine groups is 1. The molecule has 0 amide bonds. The third-order valence-electron chi connectivity index (χ3n) is 4.87. The van der Waals surface area contributed by atoms with Gasteiger partial charge in [-0.2, -0.15) is 15.5 Å². The van der Waals surface area contributed by atoms with Crippen molar-refractivity contribution in [3.8, 4) is 12.3 Å². The molecule has 0 N–H and O–H groups in total. The van der Waals surface area contributed by atoms with E-state index in [0.29, 0.717) is 11.8 Å². The van der Waals surface area contributed by atoms with Crippen molar-refractivity contribution in [1.82, 2.24) is 4.90 Å². The van der Waals surface area contributed by atoms with Crippen LogP contribution in [-0.4, -0.2) is 23.8 Å². The molecule has 3 unspecified atom stereocenters. The molecule has 2 fully saturated rings. The van der Waals surface area contributed by atoms with Gasteiger partial charge in [-0.3, -0.25) is 0 Å². The molecule has 108 valence electrons. The summed E-state index contributed by atoms with van der Waals surface area (Å²) in [4.78, 5) is 6.24. The second kappa shape index (κ2) is 7.29. The van der Waals surface area contributed by atoms with Crippen LogP contribution in [0.3, 0.4) is 0 Å². The molecule has 0 spiro atoms. The van der Waals surface area contributed by atoms with Crippen LogP contribution in [0.1, 0.15) is 51.9 Å². The van der Waals surface area contributed by atoms with Gasteiger partial charge in [0, 0.05) is 13.1 Å². The molecule has 0 radical (unpaired) electrons. The summed E-state index contributed by atoms with van der Waals surface area (Å²) in [6, 6.07) is 2.46. The molecule has 1 aliphatic heterocycles. The fourth-order valence-corrected chi connectivity index (χ4v) is 3.70. The minimum atomic E-state index is -0.206. The lowest BCUT2D eigenvalue weighted by molar-refractivity contribution is 0.221. The zero-order valence-electron chi connectivity index (χ0n) is 12.4. The third-order valence-corrected chi connectivity index (χ3v) is 4.87. The van der Waals surface area contributed by atoms with Crippen molar-refractivity contribution >= 4 is 5.84 Å². The lowest BCUT2D eigenvalue weighted by Gasteiger charge is -2.37. The lowest BCUT2D eigenvalue weighted by Crippen LogP contribution is -2.43. The van der Waals surface area contributed by atoms with Crippen LogP contribution >= 0.6 is 0 Å². The SMILES string of the molecule is CC1CCCCC1C(C#N)C(=NC#N)N1CCCCC1. The highest BCUT2D eigenvalue weighted by atomic mass is 15.2. The Morgan fingerprint density at radius 3 is 2.40 bits per heavy atom. The highest BCUT2D eigenvalue weighted by Gasteiger charge is 2.35. The summed E-state index contributed by atoms with van der Waals surface area (Å²) < 4.78 is 0. The molecular formula is C16H24N4. The molecule has 1 saturated carbocycles. The van der Waals surface area contributed by atoms with Crippen molar-refractivity contribution in [3.63, 3.8) is 0 Å². The molecule has 4 nitrogen and oxygen atoms in total. The van der Waals surface area contributed by atoms with E-state index in [1.165, 1.54) is 25.7 Å². The molecular weight excluding hydrogens is 248 g/mol. The fraction of sp³-hybridized carbons (Fsp3) is 0.812. The summed E-state index contributed by atoms with van der Waals surface area (Å²) >= 11 is 0. The van der Waals surface area contributed by atoms with Crippen molar-refractivity contribution in [3.05, 3.63) is 0 Å². The van der Waals surface area contributed by atoms with Gasteiger partial charge in [0.25, 0.3) is 0 Å². The van der Waals surface area contributed by atoms with Gasteiger partial charge in [-0.05, 0) is 37.5 Å². The number of hydrogen-bond donors (Lipinski definition) is 0. The van der Waals surface area contributed by atoms with Gasteiger partial charge in [-0.25, -0.2) is 0 Å². The summed E-state index contributed by atoms with van der Waals surface area (Å²) in [6.45, 7) is 4.13. The molecule has 1 heterocycles. The summed E-state index contributed by atoms with van der Waals surface area (Å²) in [5, 5.41) is 18.7. The lowest BCUT2D eigenvalue weighted by atomic mass is 9.73. The second-order valence-corrected chi connectivity index (χ2v) is 6.15. The van der Waals surface area contributed by atoms with E-state index in [2.05, 4.69) is 22.9 Å². The van der Waals surface area contributed by atoms with Gasteiger partial charge >= 0.3 is 0 Å². The average Bonchev–Trinajstić information content (AvgIpc) is 2.50. The van der Waals surface area contributed by atoms with Gasteiger partial charge in [0.2, 0.25) is 6.19 Å². The van der Waals surface area contributed by atoms with Gasteiger partial charge in [0.05, 0.1) is 6.07 Å². The van der Waals surface area contributed by atoms with E-state index >= 15 is 0 Å². The van der Waals surface area contributed by atoms with Crippen LogP contribution in [0.2, 0.25) is 0 Å².